The van der Waals surface area contributed by atoms with Gasteiger partial charge in [0, 0.05) is 60.6 Å². The van der Waals surface area contributed by atoms with Crippen molar-refractivity contribution in [1.29, 1.82) is 0 Å². The number of halogens is 4. The third-order valence-electron chi connectivity index (χ3n) is 3.29. The van der Waals surface area contributed by atoms with Crippen LogP contribution in [0.5, 0.6) is 0 Å². The van der Waals surface area contributed by atoms with Crippen molar-refractivity contribution in [2.45, 2.75) is 6.61 Å². The molecule has 150 valence electrons. The van der Waals surface area contributed by atoms with Gasteiger partial charge in [-0.15, -0.1) is 46.4 Å². The summed E-state index contributed by atoms with van der Waals surface area (Å²) in [5, 5.41) is 10.8. The number of alkyl halides is 4. The van der Waals surface area contributed by atoms with Crippen LogP contribution in [0.25, 0.3) is 0 Å². The number of hydrogen-bond donors (Lipinski definition) is 0. The fraction of sp³-hybridized carbons (Fsp3) is 0.692. The fourth-order valence-electron chi connectivity index (χ4n) is 2.15. The summed E-state index contributed by atoms with van der Waals surface area (Å²) >= 11 is 24.4. The molecule has 0 N–H and O–H groups in total. The molecule has 0 aliphatic carbocycles. The van der Waals surface area contributed by atoms with Gasteiger partial charge in [-0.2, -0.15) is 0 Å². The number of nitro groups is 1. The van der Waals surface area contributed by atoms with Crippen molar-refractivity contribution in [3.05, 3.63) is 27.1 Å². The Morgan fingerprint density at radius 1 is 1.00 bits per heavy atom. The van der Waals surface area contributed by atoms with Gasteiger partial charge in [0.1, 0.15) is 0 Å². The Labute approximate surface area is 176 Å². The minimum atomic E-state index is -3.52. The van der Waals surface area contributed by atoms with Crippen LogP contribution in [-0.4, -0.2) is 64.0 Å². The standard InChI is InChI=1S/C13H20Cl4N3O4PS/c14-3-7-18(8-4-15)25(23,19(9-5-16)10-6-17)24-11-12-1-2-13(26-12)20(21)22/h1-2H,3-11H2. The van der Waals surface area contributed by atoms with E-state index in [1.54, 1.807) is 15.4 Å². The van der Waals surface area contributed by atoms with Gasteiger partial charge in [-0.25, -0.2) is 9.34 Å². The highest BCUT2D eigenvalue weighted by molar-refractivity contribution is 7.54. The second-order valence-electron chi connectivity index (χ2n) is 4.92. The number of hydrogen-bond acceptors (Lipinski definition) is 5. The third kappa shape index (κ3) is 7.08. The lowest BCUT2D eigenvalue weighted by atomic mass is 10.5. The van der Waals surface area contributed by atoms with Crippen LogP contribution in [0.2, 0.25) is 0 Å². The van der Waals surface area contributed by atoms with Crippen molar-refractivity contribution < 1.29 is 14.0 Å². The van der Waals surface area contributed by atoms with Gasteiger partial charge in [0.05, 0.1) is 11.5 Å². The van der Waals surface area contributed by atoms with E-state index < -0.39 is 12.6 Å². The van der Waals surface area contributed by atoms with Crippen molar-refractivity contribution >= 4 is 70.4 Å². The van der Waals surface area contributed by atoms with E-state index >= 15 is 0 Å². The first kappa shape index (κ1) is 24.4. The maximum absolute atomic E-state index is 13.8. The summed E-state index contributed by atoms with van der Waals surface area (Å²) in [5.41, 5.74) is 0. The Morgan fingerprint density at radius 3 is 1.81 bits per heavy atom. The number of thiophene rings is 1. The Hall–Kier alpha value is 0.370. The minimum Gasteiger partial charge on any atom is -0.300 e. The molecule has 0 aliphatic heterocycles. The predicted molar refractivity (Wildman–Crippen MR) is 109 cm³/mol. The van der Waals surface area contributed by atoms with Gasteiger partial charge in [-0.1, -0.05) is 11.3 Å². The van der Waals surface area contributed by atoms with Crippen LogP contribution >= 0.6 is 65.4 Å². The Balaban J connectivity index is 3.06. The largest absolute Gasteiger partial charge is 0.346 e. The van der Waals surface area contributed by atoms with Gasteiger partial charge >= 0.3 is 12.7 Å². The Kier molecular flexibility index (Phi) is 12.0. The zero-order chi connectivity index (χ0) is 19.6. The van der Waals surface area contributed by atoms with Crippen LogP contribution < -0.4 is 0 Å². The second kappa shape index (κ2) is 12.8. The first-order valence-corrected chi connectivity index (χ1v) is 12.1. The maximum Gasteiger partial charge on any atom is 0.346 e. The molecule has 13 heteroatoms. The molecule has 0 radical (unpaired) electrons. The van der Waals surface area contributed by atoms with E-state index in [9.17, 15) is 14.7 Å². The topological polar surface area (TPSA) is 75.9 Å². The van der Waals surface area contributed by atoms with E-state index in [2.05, 4.69) is 0 Å². The van der Waals surface area contributed by atoms with Gasteiger partial charge in [-0.3, -0.25) is 14.7 Å². The second-order valence-corrected chi connectivity index (χ2v) is 9.95. The average Bonchev–Trinajstić information content (AvgIpc) is 3.09. The first-order valence-electron chi connectivity index (χ1n) is 7.65. The summed E-state index contributed by atoms with van der Waals surface area (Å²) in [6, 6.07) is 2.97. The molecule has 1 aromatic rings. The average molecular weight is 487 g/mol. The number of nitrogens with zero attached hydrogens (tertiary/aromatic N) is 3. The highest BCUT2D eigenvalue weighted by atomic mass is 35.5. The predicted octanol–water partition coefficient (Wildman–Crippen LogP) is 4.84. The van der Waals surface area contributed by atoms with Crippen LogP contribution in [0.15, 0.2) is 12.1 Å². The van der Waals surface area contributed by atoms with Crippen molar-refractivity contribution in [2.75, 3.05) is 49.7 Å². The lowest BCUT2D eigenvalue weighted by Gasteiger charge is -2.37. The summed E-state index contributed by atoms with van der Waals surface area (Å²) in [5.74, 6) is 0.962. The van der Waals surface area contributed by atoms with E-state index in [1.165, 1.54) is 6.07 Å². The molecule has 7 nitrogen and oxygen atoms in total. The molecule has 0 spiro atoms. The van der Waals surface area contributed by atoms with Crippen molar-refractivity contribution in [1.82, 2.24) is 9.34 Å². The molecule has 26 heavy (non-hydrogen) atoms. The third-order valence-corrected chi connectivity index (χ3v) is 7.67. The summed E-state index contributed by atoms with van der Waals surface area (Å²) in [6.07, 6.45) is 0. The lowest BCUT2D eigenvalue weighted by molar-refractivity contribution is -0.380. The van der Waals surface area contributed by atoms with E-state index in [-0.39, 0.29) is 35.1 Å². The molecule has 0 unspecified atom stereocenters. The van der Waals surface area contributed by atoms with Gasteiger partial charge in [0.2, 0.25) is 0 Å². The first-order chi connectivity index (χ1) is 12.4. The van der Waals surface area contributed by atoms with Gasteiger partial charge in [-0.05, 0) is 6.07 Å². The summed E-state index contributed by atoms with van der Waals surface area (Å²) in [7, 11) is -3.52. The molecule has 0 aromatic carbocycles. The Morgan fingerprint density at radius 2 is 1.46 bits per heavy atom. The fourth-order valence-corrected chi connectivity index (χ4v) is 6.66. The molecule has 1 aromatic heterocycles. The molecule has 0 aliphatic rings. The van der Waals surface area contributed by atoms with Crippen molar-refractivity contribution in [3.63, 3.8) is 0 Å². The van der Waals surface area contributed by atoms with E-state index in [0.29, 0.717) is 31.1 Å². The van der Waals surface area contributed by atoms with Crippen LogP contribution in [0.1, 0.15) is 4.88 Å². The monoisotopic (exact) mass is 485 g/mol. The minimum absolute atomic E-state index is 0.00447. The molecule has 0 fully saturated rings. The molecule has 0 atom stereocenters. The van der Waals surface area contributed by atoms with Gasteiger partial charge in [0.15, 0.2) is 0 Å². The van der Waals surface area contributed by atoms with E-state index in [4.69, 9.17) is 50.9 Å². The van der Waals surface area contributed by atoms with Gasteiger partial charge in [0.25, 0.3) is 0 Å². The van der Waals surface area contributed by atoms with E-state index in [0.717, 1.165) is 11.3 Å². The number of rotatable bonds is 14. The highest BCUT2D eigenvalue weighted by Crippen LogP contribution is 2.55. The molecular weight excluding hydrogens is 467 g/mol. The molecule has 0 saturated heterocycles. The van der Waals surface area contributed by atoms with Crippen LogP contribution in [-0.2, 0) is 15.7 Å². The normalized spacial score (nSPS) is 12.2. The van der Waals surface area contributed by atoms with E-state index in [1.807, 2.05) is 0 Å². The van der Waals surface area contributed by atoms with Crippen LogP contribution in [0, 0.1) is 10.1 Å². The summed E-state index contributed by atoms with van der Waals surface area (Å²) in [4.78, 5) is 10.9. The lowest BCUT2D eigenvalue weighted by Crippen LogP contribution is -2.37. The van der Waals surface area contributed by atoms with Crippen LogP contribution in [0.4, 0.5) is 5.00 Å². The SMILES string of the molecule is O=[N+]([O-])c1ccc(COP(=O)(N(CCCl)CCCl)N(CCCl)CCCl)s1. The van der Waals surface area contributed by atoms with Crippen molar-refractivity contribution in [2.24, 2.45) is 0 Å². The smallest absolute Gasteiger partial charge is 0.300 e. The van der Waals surface area contributed by atoms with Gasteiger partial charge < -0.3 is 4.52 Å². The Bertz CT molecular complexity index is 578. The zero-order valence-electron chi connectivity index (χ0n) is 13.9. The summed E-state index contributed by atoms with van der Waals surface area (Å²) < 4.78 is 22.7. The molecule has 0 amide bonds. The molecule has 0 bridgehead atoms. The highest BCUT2D eigenvalue weighted by Gasteiger charge is 2.38. The summed E-state index contributed by atoms with van der Waals surface area (Å²) in [6.45, 7) is 1.17. The zero-order valence-corrected chi connectivity index (χ0v) is 18.6. The molecule has 1 heterocycles. The molecule has 0 saturated carbocycles. The maximum atomic E-state index is 13.8. The quantitative estimate of drug-likeness (QED) is 0.162. The van der Waals surface area contributed by atoms with Crippen LogP contribution in [0.3, 0.4) is 0 Å². The molecular formula is C13H20Cl4N3O4PS. The van der Waals surface area contributed by atoms with Crippen molar-refractivity contribution in [3.8, 4) is 0 Å². The molecule has 1 rings (SSSR count).